The second kappa shape index (κ2) is 4.30. The van der Waals surface area contributed by atoms with E-state index in [0.29, 0.717) is 23.2 Å². The molecule has 0 spiro atoms. The molecule has 0 unspecified atom stereocenters. The van der Waals surface area contributed by atoms with Crippen LogP contribution in [0.15, 0.2) is 0 Å². The average Bonchev–Trinajstić information content (AvgIpc) is 2.11. The summed E-state index contributed by atoms with van der Waals surface area (Å²) in [6, 6.07) is 1.35. The largest absolute Gasteiger partial charge is 0.301 e. The first kappa shape index (κ1) is 14.0. The second-order valence-electron chi connectivity index (χ2n) is 7.01. The molecule has 0 aromatic rings. The summed E-state index contributed by atoms with van der Waals surface area (Å²) in [5.74, 6) is 0. The highest BCUT2D eigenvalue weighted by molar-refractivity contribution is 5.01. The van der Waals surface area contributed by atoms with Crippen LogP contribution < -0.4 is 0 Å². The van der Waals surface area contributed by atoms with Crippen molar-refractivity contribution < 1.29 is 0 Å². The van der Waals surface area contributed by atoms with Crippen LogP contribution in [0.1, 0.15) is 54.4 Å². The third-order valence-corrected chi connectivity index (χ3v) is 4.68. The minimum Gasteiger partial charge on any atom is -0.301 e. The van der Waals surface area contributed by atoms with E-state index in [1.54, 1.807) is 0 Å². The summed E-state index contributed by atoms with van der Waals surface area (Å²) in [6.07, 6.45) is 2.53. The Morgan fingerprint density at radius 2 is 1.44 bits per heavy atom. The van der Waals surface area contributed by atoms with Crippen molar-refractivity contribution >= 4 is 0 Å². The predicted octanol–water partition coefficient (Wildman–Crippen LogP) is 2.98. The summed E-state index contributed by atoms with van der Waals surface area (Å²) < 4.78 is 0. The van der Waals surface area contributed by atoms with Crippen molar-refractivity contribution in [3.8, 4) is 0 Å². The number of hydrogen-bond donors (Lipinski definition) is 0. The molecule has 1 rings (SSSR count). The summed E-state index contributed by atoms with van der Waals surface area (Å²) >= 11 is 0. The fourth-order valence-corrected chi connectivity index (χ4v) is 3.03. The van der Waals surface area contributed by atoms with Crippen LogP contribution in [0.3, 0.4) is 0 Å². The van der Waals surface area contributed by atoms with E-state index in [0.717, 1.165) is 0 Å². The molecule has 0 aromatic heterocycles. The van der Waals surface area contributed by atoms with E-state index in [1.165, 1.54) is 12.8 Å². The van der Waals surface area contributed by atoms with Gasteiger partial charge in [0.1, 0.15) is 0 Å². The summed E-state index contributed by atoms with van der Waals surface area (Å²) in [4.78, 5) is 5.08. The lowest BCUT2D eigenvalue weighted by molar-refractivity contribution is -0.0476. The fraction of sp³-hybridized carbons (Fsp3) is 1.00. The lowest BCUT2D eigenvalue weighted by Gasteiger charge is -2.55. The van der Waals surface area contributed by atoms with Gasteiger partial charge in [-0.2, -0.15) is 0 Å². The first-order valence-electron chi connectivity index (χ1n) is 6.54. The van der Waals surface area contributed by atoms with Gasteiger partial charge in [-0.25, -0.2) is 0 Å². The van der Waals surface area contributed by atoms with Crippen LogP contribution in [0.25, 0.3) is 0 Å². The predicted molar refractivity (Wildman–Crippen MR) is 71.8 cm³/mol. The number of rotatable bonds is 2. The lowest BCUT2D eigenvalue weighted by atomic mass is 9.77. The van der Waals surface area contributed by atoms with E-state index in [2.05, 4.69) is 65.4 Å². The fourth-order valence-electron chi connectivity index (χ4n) is 3.03. The molecule has 0 saturated carbocycles. The van der Waals surface area contributed by atoms with Crippen LogP contribution in [-0.2, 0) is 0 Å². The van der Waals surface area contributed by atoms with E-state index >= 15 is 0 Å². The van der Waals surface area contributed by atoms with Gasteiger partial charge in [0.05, 0.1) is 0 Å². The molecule has 0 amide bonds. The Morgan fingerprint density at radius 3 is 1.75 bits per heavy atom. The number of piperidine rings is 1. The SMILES string of the molecule is CC(C)N(C)C1CC(C)(C)N(C)C(C)(C)C1. The molecule has 96 valence electrons. The molecule has 0 N–H and O–H groups in total. The van der Waals surface area contributed by atoms with Crippen LogP contribution in [0, 0.1) is 0 Å². The summed E-state index contributed by atoms with van der Waals surface area (Å²) in [7, 11) is 4.54. The molecule has 0 atom stereocenters. The molecule has 16 heavy (non-hydrogen) atoms. The first-order valence-corrected chi connectivity index (χ1v) is 6.54. The van der Waals surface area contributed by atoms with Crippen LogP contribution in [-0.4, -0.2) is 47.1 Å². The second-order valence-corrected chi connectivity index (χ2v) is 7.01. The van der Waals surface area contributed by atoms with Crippen LogP contribution in [0.5, 0.6) is 0 Å². The number of nitrogens with zero attached hydrogens (tertiary/aromatic N) is 2. The summed E-state index contributed by atoms with van der Waals surface area (Å²) in [5, 5.41) is 0. The average molecular weight is 226 g/mol. The third-order valence-electron chi connectivity index (χ3n) is 4.68. The zero-order valence-corrected chi connectivity index (χ0v) is 12.5. The minimum atomic E-state index is 0.301. The van der Waals surface area contributed by atoms with E-state index in [4.69, 9.17) is 0 Å². The van der Waals surface area contributed by atoms with Crippen molar-refractivity contribution in [3.05, 3.63) is 0 Å². The van der Waals surface area contributed by atoms with Crippen molar-refractivity contribution in [3.63, 3.8) is 0 Å². The van der Waals surface area contributed by atoms with E-state index in [-0.39, 0.29) is 0 Å². The summed E-state index contributed by atoms with van der Waals surface area (Å²) in [6.45, 7) is 14.1. The zero-order chi connectivity index (χ0) is 12.7. The maximum atomic E-state index is 2.55. The van der Waals surface area contributed by atoms with Gasteiger partial charge in [0.2, 0.25) is 0 Å². The molecular formula is C14H30N2. The van der Waals surface area contributed by atoms with Crippen molar-refractivity contribution in [1.29, 1.82) is 0 Å². The highest BCUT2D eigenvalue weighted by Crippen LogP contribution is 2.38. The highest BCUT2D eigenvalue weighted by Gasteiger charge is 2.44. The minimum absolute atomic E-state index is 0.301. The molecule has 2 nitrogen and oxygen atoms in total. The molecule has 0 radical (unpaired) electrons. The first-order chi connectivity index (χ1) is 7.08. The molecule has 0 aliphatic carbocycles. The number of likely N-dealkylation sites (tertiary alicyclic amines) is 1. The maximum absolute atomic E-state index is 2.55. The van der Waals surface area contributed by atoms with Gasteiger partial charge in [-0.15, -0.1) is 0 Å². The van der Waals surface area contributed by atoms with Gasteiger partial charge in [-0.1, -0.05) is 0 Å². The van der Waals surface area contributed by atoms with Crippen LogP contribution in [0.2, 0.25) is 0 Å². The molecule has 1 aliphatic rings. The van der Waals surface area contributed by atoms with Crippen molar-refractivity contribution in [1.82, 2.24) is 9.80 Å². The third kappa shape index (κ3) is 2.60. The van der Waals surface area contributed by atoms with Crippen molar-refractivity contribution in [2.45, 2.75) is 77.5 Å². The van der Waals surface area contributed by atoms with Gasteiger partial charge >= 0.3 is 0 Å². The molecular weight excluding hydrogens is 196 g/mol. The lowest BCUT2D eigenvalue weighted by Crippen LogP contribution is -2.62. The van der Waals surface area contributed by atoms with Gasteiger partial charge in [-0.05, 0) is 68.5 Å². The Hall–Kier alpha value is -0.0800. The highest BCUT2D eigenvalue weighted by atomic mass is 15.3. The van der Waals surface area contributed by atoms with E-state index < -0.39 is 0 Å². The molecule has 1 fully saturated rings. The topological polar surface area (TPSA) is 6.48 Å². The monoisotopic (exact) mass is 226 g/mol. The quantitative estimate of drug-likeness (QED) is 0.714. The van der Waals surface area contributed by atoms with Crippen molar-refractivity contribution in [2.24, 2.45) is 0 Å². The molecule has 0 bridgehead atoms. The van der Waals surface area contributed by atoms with E-state index in [1.807, 2.05) is 0 Å². The van der Waals surface area contributed by atoms with E-state index in [9.17, 15) is 0 Å². The van der Waals surface area contributed by atoms with Gasteiger partial charge in [0, 0.05) is 23.2 Å². The molecule has 1 saturated heterocycles. The Bertz CT molecular complexity index is 225. The normalized spacial score (nSPS) is 26.6. The number of hydrogen-bond acceptors (Lipinski definition) is 2. The maximum Gasteiger partial charge on any atom is 0.0170 e. The van der Waals surface area contributed by atoms with Gasteiger partial charge < -0.3 is 4.90 Å². The Morgan fingerprint density at radius 1 is 1.06 bits per heavy atom. The van der Waals surface area contributed by atoms with Gasteiger partial charge in [-0.3, -0.25) is 4.90 Å². The molecule has 2 heteroatoms. The van der Waals surface area contributed by atoms with Crippen LogP contribution in [0.4, 0.5) is 0 Å². The molecule has 1 aliphatic heterocycles. The summed E-state index contributed by atoms with van der Waals surface area (Å²) in [5.41, 5.74) is 0.602. The zero-order valence-electron chi connectivity index (χ0n) is 12.5. The van der Waals surface area contributed by atoms with Crippen LogP contribution >= 0.6 is 0 Å². The standard InChI is InChI=1S/C14H30N2/c1-11(2)15(7)12-9-13(3,4)16(8)14(5,6)10-12/h11-12H,9-10H2,1-8H3. The Kier molecular flexibility index (Phi) is 3.76. The molecule has 1 heterocycles. The van der Waals surface area contributed by atoms with Gasteiger partial charge in [0.15, 0.2) is 0 Å². The molecule has 0 aromatic carbocycles. The van der Waals surface area contributed by atoms with Gasteiger partial charge in [0.25, 0.3) is 0 Å². The van der Waals surface area contributed by atoms with Crippen molar-refractivity contribution in [2.75, 3.05) is 14.1 Å². The smallest absolute Gasteiger partial charge is 0.0170 e. The Labute approximate surface area is 102 Å². The Balaban J connectivity index is 2.86.